The molecule has 0 unspecified atom stereocenters. The highest BCUT2D eigenvalue weighted by molar-refractivity contribution is 5.59. The average molecular weight is 223 g/mol. The number of benzene rings is 1. The van der Waals surface area contributed by atoms with E-state index in [1.54, 1.807) is 18.3 Å². The van der Waals surface area contributed by atoms with Crippen molar-refractivity contribution in [2.45, 2.75) is 6.92 Å². The zero-order valence-electron chi connectivity index (χ0n) is 8.47. The maximum absolute atomic E-state index is 13.0. The third-order valence-electron chi connectivity index (χ3n) is 2.19. The summed E-state index contributed by atoms with van der Waals surface area (Å²) in [5.74, 6) is -3.88. The first kappa shape index (κ1) is 10.7. The third-order valence-corrected chi connectivity index (χ3v) is 2.19. The van der Waals surface area contributed by atoms with Gasteiger partial charge in [-0.15, -0.1) is 0 Å². The van der Waals surface area contributed by atoms with Crippen molar-refractivity contribution in [1.29, 1.82) is 0 Å². The molecule has 2 rings (SSSR count). The molecule has 0 aliphatic rings. The van der Waals surface area contributed by atoms with Crippen molar-refractivity contribution in [3.8, 4) is 11.3 Å². The topological polar surface area (TPSA) is 12.9 Å². The molecule has 0 aliphatic carbocycles. The molecule has 0 saturated carbocycles. The molecular formula is C12H8F3N. The van der Waals surface area contributed by atoms with Crippen LogP contribution in [-0.2, 0) is 0 Å². The Balaban J connectivity index is 2.52. The van der Waals surface area contributed by atoms with Crippen LogP contribution in [0.5, 0.6) is 0 Å². The normalized spacial score (nSPS) is 10.5. The van der Waals surface area contributed by atoms with E-state index in [1.165, 1.54) is 0 Å². The zero-order valence-corrected chi connectivity index (χ0v) is 8.47. The summed E-state index contributed by atoms with van der Waals surface area (Å²) in [5, 5.41) is 0. The van der Waals surface area contributed by atoms with E-state index in [9.17, 15) is 13.2 Å². The Bertz CT molecular complexity index is 497. The summed E-state index contributed by atoms with van der Waals surface area (Å²) in [5.41, 5.74) is 1.56. The highest BCUT2D eigenvalue weighted by Crippen LogP contribution is 2.22. The third kappa shape index (κ3) is 1.91. The largest absolute Gasteiger partial charge is 0.256 e. The first-order valence-electron chi connectivity index (χ1n) is 4.65. The molecule has 0 radical (unpaired) electrons. The second-order valence-electron chi connectivity index (χ2n) is 3.47. The van der Waals surface area contributed by atoms with Crippen LogP contribution in [-0.4, -0.2) is 4.98 Å². The quantitative estimate of drug-likeness (QED) is 0.674. The van der Waals surface area contributed by atoms with Crippen LogP contribution in [0.2, 0.25) is 0 Å². The smallest absolute Gasteiger partial charge is 0.194 e. The van der Waals surface area contributed by atoms with Crippen LogP contribution in [0.25, 0.3) is 11.3 Å². The van der Waals surface area contributed by atoms with Gasteiger partial charge >= 0.3 is 0 Å². The van der Waals surface area contributed by atoms with Crippen molar-refractivity contribution in [2.75, 3.05) is 0 Å². The molecule has 4 heteroatoms. The summed E-state index contributed by atoms with van der Waals surface area (Å²) in [6.07, 6.45) is 1.58. The van der Waals surface area contributed by atoms with Gasteiger partial charge < -0.3 is 0 Å². The minimum atomic E-state index is -1.46. The molecule has 0 amide bonds. The molecule has 1 aromatic carbocycles. The van der Waals surface area contributed by atoms with Crippen LogP contribution in [0.4, 0.5) is 13.2 Å². The van der Waals surface area contributed by atoms with Crippen LogP contribution in [0.15, 0.2) is 30.5 Å². The molecule has 82 valence electrons. The van der Waals surface area contributed by atoms with E-state index in [4.69, 9.17) is 0 Å². The van der Waals surface area contributed by atoms with Gasteiger partial charge in [0.1, 0.15) is 0 Å². The Morgan fingerprint density at radius 1 is 1.00 bits per heavy atom. The van der Waals surface area contributed by atoms with Crippen LogP contribution >= 0.6 is 0 Å². The maximum atomic E-state index is 13.0. The van der Waals surface area contributed by atoms with E-state index in [2.05, 4.69) is 4.98 Å². The number of nitrogens with zero attached hydrogens (tertiary/aromatic N) is 1. The summed E-state index contributed by atoms with van der Waals surface area (Å²) in [7, 11) is 0. The summed E-state index contributed by atoms with van der Waals surface area (Å²) in [6.45, 7) is 1.85. The average Bonchev–Trinajstić information content (AvgIpc) is 2.26. The van der Waals surface area contributed by atoms with Gasteiger partial charge in [-0.25, -0.2) is 13.2 Å². The summed E-state index contributed by atoms with van der Waals surface area (Å²) in [4.78, 5) is 4.00. The van der Waals surface area contributed by atoms with Crippen molar-refractivity contribution in [1.82, 2.24) is 4.98 Å². The zero-order chi connectivity index (χ0) is 11.7. The standard InChI is InChI=1S/C12H8F3N/c1-7-2-3-11(16-6-7)8-4-9(13)12(15)10(14)5-8/h2-6H,1H3. The van der Waals surface area contributed by atoms with E-state index >= 15 is 0 Å². The van der Waals surface area contributed by atoms with E-state index in [0.717, 1.165) is 17.7 Å². The van der Waals surface area contributed by atoms with Crippen LogP contribution in [0.1, 0.15) is 5.56 Å². The summed E-state index contributed by atoms with van der Waals surface area (Å²) < 4.78 is 38.6. The Morgan fingerprint density at radius 2 is 1.62 bits per heavy atom. The molecule has 0 spiro atoms. The van der Waals surface area contributed by atoms with Gasteiger partial charge in [-0.1, -0.05) is 6.07 Å². The molecule has 0 N–H and O–H groups in total. The second-order valence-corrected chi connectivity index (χ2v) is 3.47. The van der Waals surface area contributed by atoms with Crippen molar-refractivity contribution >= 4 is 0 Å². The molecule has 1 nitrogen and oxygen atoms in total. The van der Waals surface area contributed by atoms with Gasteiger partial charge in [-0.3, -0.25) is 4.98 Å². The van der Waals surface area contributed by atoms with Crippen molar-refractivity contribution in [2.24, 2.45) is 0 Å². The van der Waals surface area contributed by atoms with E-state index in [-0.39, 0.29) is 5.56 Å². The van der Waals surface area contributed by atoms with Crippen molar-refractivity contribution < 1.29 is 13.2 Å². The lowest BCUT2D eigenvalue weighted by atomic mass is 10.1. The number of pyridine rings is 1. The minimum absolute atomic E-state index is 0.219. The van der Waals surface area contributed by atoms with Gasteiger partial charge in [-0.2, -0.15) is 0 Å². The van der Waals surface area contributed by atoms with E-state index in [0.29, 0.717) is 5.69 Å². The number of hydrogen-bond acceptors (Lipinski definition) is 1. The van der Waals surface area contributed by atoms with Crippen molar-refractivity contribution in [3.63, 3.8) is 0 Å². The predicted octanol–water partition coefficient (Wildman–Crippen LogP) is 3.47. The number of aryl methyl sites for hydroxylation is 1. The first-order chi connectivity index (χ1) is 7.58. The molecule has 1 aromatic heterocycles. The second kappa shape index (κ2) is 3.96. The Hall–Kier alpha value is -1.84. The number of rotatable bonds is 1. The van der Waals surface area contributed by atoms with Crippen LogP contribution < -0.4 is 0 Å². The van der Waals surface area contributed by atoms with Gasteiger partial charge in [0.2, 0.25) is 0 Å². The van der Waals surface area contributed by atoms with Crippen LogP contribution in [0.3, 0.4) is 0 Å². The molecule has 2 aromatic rings. The maximum Gasteiger partial charge on any atom is 0.194 e. The van der Waals surface area contributed by atoms with E-state index < -0.39 is 17.5 Å². The summed E-state index contributed by atoms with van der Waals surface area (Å²) >= 11 is 0. The fourth-order valence-corrected chi connectivity index (χ4v) is 1.34. The number of hydrogen-bond donors (Lipinski definition) is 0. The Labute approximate surface area is 90.6 Å². The monoisotopic (exact) mass is 223 g/mol. The highest BCUT2D eigenvalue weighted by atomic mass is 19.2. The van der Waals surface area contributed by atoms with Crippen LogP contribution in [0, 0.1) is 24.4 Å². The molecule has 16 heavy (non-hydrogen) atoms. The molecule has 0 fully saturated rings. The SMILES string of the molecule is Cc1ccc(-c2cc(F)c(F)c(F)c2)nc1. The number of halogens is 3. The molecule has 1 heterocycles. The fourth-order valence-electron chi connectivity index (χ4n) is 1.34. The predicted molar refractivity (Wildman–Crippen MR) is 54.3 cm³/mol. The lowest BCUT2D eigenvalue weighted by molar-refractivity contribution is 0.447. The highest BCUT2D eigenvalue weighted by Gasteiger charge is 2.11. The first-order valence-corrected chi connectivity index (χ1v) is 4.65. The Morgan fingerprint density at radius 3 is 2.12 bits per heavy atom. The van der Waals surface area contributed by atoms with Gasteiger partial charge in [0.25, 0.3) is 0 Å². The molecule has 0 aliphatic heterocycles. The Kier molecular flexibility index (Phi) is 2.64. The number of aromatic nitrogens is 1. The molecule has 0 atom stereocenters. The fraction of sp³-hybridized carbons (Fsp3) is 0.0833. The van der Waals surface area contributed by atoms with Crippen molar-refractivity contribution in [3.05, 3.63) is 53.5 Å². The van der Waals surface area contributed by atoms with Gasteiger partial charge in [0, 0.05) is 11.8 Å². The minimum Gasteiger partial charge on any atom is -0.256 e. The molecule has 0 saturated heterocycles. The lowest BCUT2D eigenvalue weighted by Crippen LogP contribution is -1.93. The lowest BCUT2D eigenvalue weighted by Gasteiger charge is -2.03. The molecular weight excluding hydrogens is 215 g/mol. The summed E-state index contributed by atoms with van der Waals surface area (Å²) in [6, 6.07) is 5.25. The van der Waals surface area contributed by atoms with E-state index in [1.807, 2.05) is 6.92 Å². The molecule has 0 bridgehead atoms. The van der Waals surface area contributed by atoms with Gasteiger partial charge in [0.15, 0.2) is 17.5 Å². The van der Waals surface area contributed by atoms with Gasteiger partial charge in [-0.05, 0) is 30.7 Å². The van der Waals surface area contributed by atoms with Gasteiger partial charge in [0.05, 0.1) is 5.69 Å².